The average molecular weight is 438 g/mol. The van der Waals surface area contributed by atoms with Crippen LogP contribution < -0.4 is 14.5 Å². The Labute approximate surface area is 186 Å². The minimum Gasteiger partial charge on any atom is -0.508 e. The van der Waals surface area contributed by atoms with Gasteiger partial charge in [0, 0.05) is 42.4 Å². The minimum atomic E-state index is 0.0941. The highest BCUT2D eigenvalue weighted by atomic mass is 32.1. The van der Waals surface area contributed by atoms with Crippen molar-refractivity contribution in [3.63, 3.8) is 0 Å². The Hall–Kier alpha value is -3.03. The number of hydrogen-bond acceptors (Lipinski definition) is 6. The van der Waals surface area contributed by atoms with E-state index in [1.807, 2.05) is 52.7 Å². The summed E-state index contributed by atoms with van der Waals surface area (Å²) < 4.78 is 5.26. The van der Waals surface area contributed by atoms with E-state index >= 15 is 0 Å². The van der Waals surface area contributed by atoms with E-state index in [-0.39, 0.29) is 11.7 Å². The summed E-state index contributed by atoms with van der Waals surface area (Å²) in [5.41, 5.74) is 1.98. The second kappa shape index (κ2) is 9.85. The number of phenols is 1. The molecule has 1 amide bonds. The molecule has 1 aromatic heterocycles. The third-order valence-corrected chi connectivity index (χ3v) is 6.39. The maximum absolute atomic E-state index is 13.3. The molecule has 0 aliphatic carbocycles. The number of phenolic OH excluding ortho intramolecular Hbond substituents is 1. The first-order valence-electron chi connectivity index (χ1n) is 10.4. The maximum atomic E-state index is 13.3. The van der Waals surface area contributed by atoms with Gasteiger partial charge < -0.3 is 19.6 Å². The summed E-state index contributed by atoms with van der Waals surface area (Å²) in [5, 5.41) is 11.5. The van der Waals surface area contributed by atoms with E-state index in [2.05, 4.69) is 15.9 Å². The van der Waals surface area contributed by atoms with Crippen molar-refractivity contribution in [3.8, 4) is 11.5 Å². The lowest BCUT2D eigenvalue weighted by Gasteiger charge is -2.36. The second-order valence-electron chi connectivity index (χ2n) is 7.54. The summed E-state index contributed by atoms with van der Waals surface area (Å²) >= 11 is 1.66. The smallest absolute Gasteiger partial charge is 0.241 e. The van der Waals surface area contributed by atoms with Gasteiger partial charge in [0.05, 0.1) is 20.2 Å². The van der Waals surface area contributed by atoms with E-state index in [1.165, 1.54) is 0 Å². The molecule has 0 atom stereocenters. The van der Waals surface area contributed by atoms with Crippen molar-refractivity contribution in [3.05, 3.63) is 70.9 Å². The number of anilines is 2. The number of thiophene rings is 1. The topological polar surface area (TPSA) is 56.2 Å². The molecule has 7 heteroatoms. The van der Waals surface area contributed by atoms with Gasteiger partial charge in [0.15, 0.2) is 0 Å². The monoisotopic (exact) mass is 437 g/mol. The van der Waals surface area contributed by atoms with E-state index in [0.29, 0.717) is 13.1 Å². The number of nitrogens with zero attached hydrogens (tertiary/aromatic N) is 3. The van der Waals surface area contributed by atoms with Crippen molar-refractivity contribution >= 4 is 28.6 Å². The van der Waals surface area contributed by atoms with Crippen LogP contribution in [0.4, 0.5) is 11.4 Å². The number of carbonyl (C=O) groups is 1. The maximum Gasteiger partial charge on any atom is 0.241 e. The molecule has 3 aromatic rings. The normalized spacial score (nSPS) is 14.4. The molecule has 6 nitrogen and oxygen atoms in total. The molecule has 1 N–H and O–H groups in total. The lowest BCUT2D eigenvalue weighted by Crippen LogP contribution is -2.50. The van der Waals surface area contributed by atoms with Crippen LogP contribution in [0.5, 0.6) is 11.5 Å². The fourth-order valence-electron chi connectivity index (χ4n) is 3.75. The van der Waals surface area contributed by atoms with E-state index in [4.69, 9.17) is 4.74 Å². The van der Waals surface area contributed by atoms with Crippen molar-refractivity contribution in [2.75, 3.05) is 49.6 Å². The molecule has 0 radical (unpaired) electrons. The zero-order valence-electron chi connectivity index (χ0n) is 17.6. The van der Waals surface area contributed by atoms with E-state index in [1.54, 1.807) is 30.6 Å². The predicted molar refractivity (Wildman–Crippen MR) is 125 cm³/mol. The molecule has 1 aliphatic rings. The molecule has 162 valence electrons. The SMILES string of the molecule is COc1ccc(N(Cc2cccs2)C(=O)CN2CCN(c3ccc(O)cc3)CC2)cc1. The summed E-state index contributed by atoms with van der Waals surface area (Å²) in [5.74, 6) is 1.15. The number of ether oxygens (including phenoxy) is 1. The highest BCUT2D eigenvalue weighted by Crippen LogP contribution is 2.24. The number of rotatable bonds is 7. The van der Waals surface area contributed by atoms with Gasteiger partial charge in [-0.05, 0) is 60.0 Å². The molecule has 31 heavy (non-hydrogen) atoms. The van der Waals surface area contributed by atoms with Crippen LogP contribution in [-0.4, -0.2) is 55.7 Å². The Morgan fingerprint density at radius 2 is 1.74 bits per heavy atom. The average Bonchev–Trinajstić information content (AvgIpc) is 3.32. The molecule has 4 rings (SSSR count). The number of benzene rings is 2. The van der Waals surface area contributed by atoms with Crippen molar-refractivity contribution in [2.45, 2.75) is 6.54 Å². The summed E-state index contributed by atoms with van der Waals surface area (Å²) in [7, 11) is 1.64. The number of aromatic hydroxyl groups is 1. The van der Waals surface area contributed by atoms with E-state index in [9.17, 15) is 9.90 Å². The molecule has 0 bridgehead atoms. The second-order valence-corrected chi connectivity index (χ2v) is 8.57. The number of carbonyl (C=O) groups excluding carboxylic acids is 1. The van der Waals surface area contributed by atoms with Crippen LogP contribution in [0.15, 0.2) is 66.0 Å². The van der Waals surface area contributed by atoms with E-state index < -0.39 is 0 Å². The number of amides is 1. The summed E-state index contributed by atoms with van der Waals surface area (Å²) in [6.07, 6.45) is 0. The van der Waals surface area contributed by atoms with Gasteiger partial charge in [0.2, 0.25) is 5.91 Å². The Morgan fingerprint density at radius 1 is 1.03 bits per heavy atom. The van der Waals surface area contributed by atoms with E-state index in [0.717, 1.165) is 48.2 Å². The van der Waals surface area contributed by atoms with Gasteiger partial charge in [0.25, 0.3) is 0 Å². The Kier molecular flexibility index (Phi) is 6.74. The molecule has 0 saturated carbocycles. The first kappa shape index (κ1) is 21.2. The molecule has 1 fully saturated rings. The Balaban J connectivity index is 1.40. The third kappa shape index (κ3) is 5.37. The van der Waals surface area contributed by atoms with Crippen molar-refractivity contribution in [1.82, 2.24) is 4.90 Å². The quantitative estimate of drug-likeness (QED) is 0.609. The molecule has 1 aliphatic heterocycles. The summed E-state index contributed by atoms with van der Waals surface area (Å²) in [6, 6.07) is 19.0. The van der Waals surface area contributed by atoms with Gasteiger partial charge in [-0.25, -0.2) is 0 Å². The lowest BCUT2D eigenvalue weighted by molar-refractivity contribution is -0.120. The third-order valence-electron chi connectivity index (χ3n) is 5.53. The number of methoxy groups -OCH3 is 1. The van der Waals surface area contributed by atoms with Crippen LogP contribution in [0.3, 0.4) is 0 Å². The first-order chi connectivity index (χ1) is 15.1. The van der Waals surface area contributed by atoms with Gasteiger partial charge >= 0.3 is 0 Å². The molecule has 0 spiro atoms. The predicted octanol–water partition coefficient (Wildman–Crippen LogP) is 3.82. The molecule has 0 unspecified atom stereocenters. The Bertz CT molecular complexity index is 966. The molecular weight excluding hydrogens is 410 g/mol. The summed E-state index contributed by atoms with van der Waals surface area (Å²) in [6.45, 7) is 4.30. The number of piperazine rings is 1. The number of hydrogen-bond donors (Lipinski definition) is 1. The molecule has 2 heterocycles. The van der Waals surface area contributed by atoms with Crippen LogP contribution >= 0.6 is 11.3 Å². The van der Waals surface area contributed by atoms with Crippen molar-refractivity contribution in [1.29, 1.82) is 0 Å². The van der Waals surface area contributed by atoms with Crippen LogP contribution in [0.2, 0.25) is 0 Å². The summed E-state index contributed by atoms with van der Waals surface area (Å²) in [4.78, 5) is 20.8. The van der Waals surface area contributed by atoms with Crippen LogP contribution in [-0.2, 0) is 11.3 Å². The van der Waals surface area contributed by atoms with Crippen LogP contribution in [0.1, 0.15) is 4.88 Å². The molecule has 2 aromatic carbocycles. The molecule has 1 saturated heterocycles. The van der Waals surface area contributed by atoms with Crippen LogP contribution in [0, 0.1) is 0 Å². The standard InChI is InChI=1S/C24H27N3O3S/c1-30-22-10-6-20(7-11-22)27(17-23-3-2-16-31-23)24(29)18-25-12-14-26(15-13-25)19-4-8-21(28)9-5-19/h2-11,16,28H,12-15,17-18H2,1H3. The van der Waals surface area contributed by atoms with Crippen LogP contribution in [0.25, 0.3) is 0 Å². The molecular formula is C24H27N3O3S. The fourth-order valence-corrected chi connectivity index (χ4v) is 4.44. The zero-order valence-corrected chi connectivity index (χ0v) is 18.4. The fraction of sp³-hybridized carbons (Fsp3) is 0.292. The lowest BCUT2D eigenvalue weighted by atomic mass is 10.2. The van der Waals surface area contributed by atoms with Crippen molar-refractivity contribution in [2.24, 2.45) is 0 Å². The first-order valence-corrected chi connectivity index (χ1v) is 11.2. The van der Waals surface area contributed by atoms with Gasteiger partial charge in [-0.15, -0.1) is 11.3 Å². The zero-order chi connectivity index (χ0) is 21.6. The van der Waals surface area contributed by atoms with Crippen molar-refractivity contribution < 1.29 is 14.6 Å². The Morgan fingerprint density at radius 3 is 2.35 bits per heavy atom. The minimum absolute atomic E-state index is 0.0941. The highest BCUT2D eigenvalue weighted by molar-refractivity contribution is 7.09. The highest BCUT2D eigenvalue weighted by Gasteiger charge is 2.23. The van der Waals surface area contributed by atoms with Gasteiger partial charge in [-0.1, -0.05) is 6.07 Å². The van der Waals surface area contributed by atoms with Gasteiger partial charge in [0.1, 0.15) is 11.5 Å². The van der Waals surface area contributed by atoms with Gasteiger partial charge in [-0.3, -0.25) is 9.69 Å². The van der Waals surface area contributed by atoms with Gasteiger partial charge in [-0.2, -0.15) is 0 Å². The largest absolute Gasteiger partial charge is 0.508 e.